The molecule has 0 aliphatic carbocycles. The predicted octanol–water partition coefficient (Wildman–Crippen LogP) is 4.36. The highest BCUT2D eigenvalue weighted by Crippen LogP contribution is 2.34. The Bertz CT molecular complexity index is 971. The van der Waals surface area contributed by atoms with Gasteiger partial charge in [-0.25, -0.2) is 0 Å². The van der Waals surface area contributed by atoms with Crippen molar-refractivity contribution in [2.75, 3.05) is 13.2 Å². The first-order valence-electron chi connectivity index (χ1n) is 8.39. The van der Waals surface area contributed by atoms with Crippen LogP contribution in [0.25, 0.3) is 6.08 Å². The first kappa shape index (κ1) is 20.0. The first-order chi connectivity index (χ1) is 13.4. The molecule has 1 saturated heterocycles. The average molecular weight is 418 g/mol. The highest BCUT2D eigenvalue weighted by Gasteiger charge is 2.36. The number of benzene rings is 2. The molecular weight excluding hydrogens is 402 g/mol. The topological polar surface area (TPSA) is 83.9 Å². The number of ether oxygens (including phenoxy) is 1. The second-order valence-electron chi connectivity index (χ2n) is 5.86. The summed E-state index contributed by atoms with van der Waals surface area (Å²) in [6.07, 6.45) is 1.53. The van der Waals surface area contributed by atoms with Crippen molar-refractivity contribution in [3.63, 3.8) is 0 Å². The Hall–Kier alpha value is -2.77. The largest absolute Gasteiger partial charge is 0.504 e. The lowest BCUT2D eigenvalue weighted by Crippen LogP contribution is -2.33. The quantitative estimate of drug-likeness (QED) is 0.555. The monoisotopic (exact) mass is 417 g/mol. The molecule has 0 aromatic heterocycles. The normalized spacial score (nSPS) is 15.4. The van der Waals surface area contributed by atoms with E-state index in [9.17, 15) is 19.5 Å². The molecule has 144 valence electrons. The van der Waals surface area contributed by atoms with Gasteiger partial charge in [-0.05, 0) is 66.7 Å². The van der Waals surface area contributed by atoms with Crippen LogP contribution in [0.2, 0.25) is 5.02 Å². The molecule has 2 aromatic carbocycles. The predicted molar refractivity (Wildman–Crippen MR) is 108 cm³/mol. The van der Waals surface area contributed by atoms with Crippen molar-refractivity contribution in [3.8, 4) is 11.5 Å². The van der Waals surface area contributed by atoms with Crippen molar-refractivity contribution in [2.24, 2.45) is 0 Å². The number of amides is 2. The maximum absolute atomic E-state index is 12.6. The minimum absolute atomic E-state index is 0.0133. The third-order valence-electron chi connectivity index (χ3n) is 3.92. The van der Waals surface area contributed by atoms with Gasteiger partial charge >= 0.3 is 0 Å². The Kier molecular flexibility index (Phi) is 6.06. The van der Waals surface area contributed by atoms with Crippen LogP contribution in [0.15, 0.2) is 47.4 Å². The summed E-state index contributed by atoms with van der Waals surface area (Å²) in [6.45, 7) is 1.82. The number of hydrogen-bond acceptors (Lipinski definition) is 6. The zero-order chi connectivity index (χ0) is 20.3. The first-order valence-corrected chi connectivity index (χ1v) is 9.58. The van der Waals surface area contributed by atoms with Crippen molar-refractivity contribution in [1.29, 1.82) is 0 Å². The molecule has 8 heteroatoms. The van der Waals surface area contributed by atoms with Crippen LogP contribution >= 0.6 is 23.4 Å². The number of carbonyl (C=O) groups is 3. The molecule has 1 aliphatic heterocycles. The number of thioether (sulfide) groups is 1. The van der Waals surface area contributed by atoms with Crippen molar-refractivity contribution in [2.45, 2.75) is 6.92 Å². The SMILES string of the molecule is CCOc1cc(C=C2SC(=O)N(CC(=O)c3ccc(Cl)cc3)C2=O)ccc1O. The fraction of sp³-hybridized carbons (Fsp3) is 0.150. The summed E-state index contributed by atoms with van der Waals surface area (Å²) in [5.74, 6) is -0.624. The van der Waals surface area contributed by atoms with Crippen LogP contribution in [0, 0.1) is 0 Å². The summed E-state index contributed by atoms with van der Waals surface area (Å²) in [5.41, 5.74) is 0.961. The van der Waals surface area contributed by atoms with E-state index < -0.39 is 11.1 Å². The molecule has 1 heterocycles. The Morgan fingerprint density at radius 2 is 1.93 bits per heavy atom. The number of rotatable bonds is 6. The number of halogens is 1. The Labute approximate surface area is 170 Å². The number of phenols is 1. The number of ketones is 1. The maximum atomic E-state index is 12.6. The van der Waals surface area contributed by atoms with E-state index >= 15 is 0 Å². The Morgan fingerprint density at radius 1 is 1.21 bits per heavy atom. The summed E-state index contributed by atoms with van der Waals surface area (Å²) in [6, 6.07) is 10.9. The van der Waals surface area contributed by atoms with Gasteiger partial charge in [-0.15, -0.1) is 0 Å². The molecular formula is C20H16ClNO5S. The van der Waals surface area contributed by atoms with E-state index in [1.54, 1.807) is 43.3 Å². The molecule has 0 saturated carbocycles. The van der Waals surface area contributed by atoms with E-state index in [2.05, 4.69) is 0 Å². The van der Waals surface area contributed by atoms with Crippen molar-refractivity contribution < 1.29 is 24.2 Å². The summed E-state index contributed by atoms with van der Waals surface area (Å²) in [7, 11) is 0. The smallest absolute Gasteiger partial charge is 0.293 e. The summed E-state index contributed by atoms with van der Waals surface area (Å²) < 4.78 is 5.32. The third kappa shape index (κ3) is 4.37. The lowest BCUT2D eigenvalue weighted by molar-refractivity contribution is -0.122. The second-order valence-corrected chi connectivity index (χ2v) is 7.29. The zero-order valence-corrected chi connectivity index (χ0v) is 16.4. The van der Waals surface area contributed by atoms with Crippen LogP contribution in [0.3, 0.4) is 0 Å². The van der Waals surface area contributed by atoms with Gasteiger partial charge in [0.15, 0.2) is 17.3 Å². The number of Topliss-reactive ketones (excluding diaryl/α,β-unsaturated/α-hetero) is 1. The number of carbonyl (C=O) groups excluding carboxylic acids is 3. The van der Waals surface area contributed by atoms with E-state index in [4.69, 9.17) is 16.3 Å². The second kappa shape index (κ2) is 8.50. The van der Waals surface area contributed by atoms with Crippen molar-refractivity contribution in [3.05, 3.63) is 63.5 Å². The van der Waals surface area contributed by atoms with E-state index in [1.807, 2.05) is 0 Å². The summed E-state index contributed by atoms with van der Waals surface area (Å²) in [5, 5.41) is 9.74. The van der Waals surface area contributed by atoms with Gasteiger partial charge in [-0.1, -0.05) is 17.7 Å². The molecule has 28 heavy (non-hydrogen) atoms. The van der Waals surface area contributed by atoms with E-state index in [1.165, 1.54) is 12.1 Å². The number of aromatic hydroxyl groups is 1. The van der Waals surface area contributed by atoms with Gasteiger partial charge in [0, 0.05) is 10.6 Å². The van der Waals surface area contributed by atoms with Gasteiger partial charge in [-0.2, -0.15) is 0 Å². The lowest BCUT2D eigenvalue weighted by atomic mass is 10.1. The van der Waals surface area contributed by atoms with Gasteiger partial charge in [0.1, 0.15) is 0 Å². The average Bonchev–Trinajstić information content (AvgIpc) is 2.92. The minimum atomic E-state index is -0.539. The molecule has 2 amide bonds. The van der Waals surface area contributed by atoms with Gasteiger partial charge in [0.2, 0.25) is 0 Å². The van der Waals surface area contributed by atoms with Crippen LogP contribution in [0.4, 0.5) is 4.79 Å². The molecule has 3 rings (SSSR count). The van der Waals surface area contributed by atoms with Gasteiger partial charge in [-0.3, -0.25) is 19.3 Å². The minimum Gasteiger partial charge on any atom is -0.504 e. The van der Waals surface area contributed by atoms with Crippen LogP contribution in [0.5, 0.6) is 11.5 Å². The van der Waals surface area contributed by atoms with Crippen LogP contribution in [-0.4, -0.2) is 40.1 Å². The van der Waals surface area contributed by atoms with Crippen molar-refractivity contribution in [1.82, 2.24) is 4.90 Å². The zero-order valence-electron chi connectivity index (χ0n) is 14.8. The number of imide groups is 1. The van der Waals surface area contributed by atoms with Crippen LogP contribution < -0.4 is 4.74 Å². The molecule has 2 aromatic rings. The van der Waals surface area contributed by atoms with Gasteiger partial charge < -0.3 is 9.84 Å². The van der Waals surface area contributed by atoms with Crippen LogP contribution in [-0.2, 0) is 4.79 Å². The number of phenolic OH excluding ortho intramolecular Hbond substituents is 1. The molecule has 1 fully saturated rings. The number of hydrogen-bond donors (Lipinski definition) is 1. The van der Waals surface area contributed by atoms with E-state index in [0.717, 1.165) is 16.7 Å². The highest BCUT2D eigenvalue weighted by molar-refractivity contribution is 8.18. The van der Waals surface area contributed by atoms with Gasteiger partial charge in [0.25, 0.3) is 11.1 Å². The fourth-order valence-electron chi connectivity index (χ4n) is 2.55. The van der Waals surface area contributed by atoms with Gasteiger partial charge in [0.05, 0.1) is 18.1 Å². The molecule has 1 N–H and O–H groups in total. The van der Waals surface area contributed by atoms with E-state index in [0.29, 0.717) is 22.8 Å². The summed E-state index contributed by atoms with van der Waals surface area (Å²) in [4.78, 5) is 38.3. The van der Waals surface area contributed by atoms with E-state index in [-0.39, 0.29) is 28.7 Å². The lowest BCUT2D eigenvalue weighted by Gasteiger charge is -2.11. The molecule has 1 aliphatic rings. The molecule has 0 unspecified atom stereocenters. The van der Waals surface area contributed by atoms with Crippen molar-refractivity contribution >= 4 is 46.4 Å². The highest BCUT2D eigenvalue weighted by atomic mass is 35.5. The molecule has 0 radical (unpaired) electrons. The molecule has 6 nitrogen and oxygen atoms in total. The fourth-order valence-corrected chi connectivity index (χ4v) is 3.51. The third-order valence-corrected chi connectivity index (χ3v) is 5.08. The van der Waals surface area contributed by atoms with Crippen LogP contribution in [0.1, 0.15) is 22.8 Å². The maximum Gasteiger partial charge on any atom is 0.293 e. The molecule has 0 bridgehead atoms. The molecule has 0 atom stereocenters. The summed E-state index contributed by atoms with van der Waals surface area (Å²) >= 11 is 6.57. The number of nitrogens with zero attached hydrogens (tertiary/aromatic N) is 1. The Balaban J connectivity index is 1.77. The molecule has 0 spiro atoms. The Morgan fingerprint density at radius 3 is 2.61 bits per heavy atom. The standard InChI is InChI=1S/C20H16ClNO5S/c1-2-27-17-9-12(3-8-15(17)23)10-18-19(25)22(20(26)28-18)11-16(24)13-4-6-14(21)7-5-13/h3-10,23H,2,11H2,1H3.